The molecule has 1 aromatic heterocycles. The molecule has 0 fully saturated rings. The van der Waals surface area contributed by atoms with E-state index in [-0.39, 0.29) is 0 Å². The molecule has 0 aliphatic carbocycles. The molecule has 0 amide bonds. The van der Waals surface area contributed by atoms with E-state index >= 15 is 0 Å². The van der Waals surface area contributed by atoms with Crippen LogP contribution in [0.5, 0.6) is 0 Å². The number of thiazole rings is 1. The maximum absolute atomic E-state index is 12.1. The van der Waals surface area contributed by atoms with E-state index < -0.39 is 29.5 Å². The van der Waals surface area contributed by atoms with Crippen LogP contribution in [0.3, 0.4) is 0 Å². The third-order valence-electron chi connectivity index (χ3n) is 3.08. The van der Waals surface area contributed by atoms with Crippen molar-refractivity contribution in [3.05, 3.63) is 46.4 Å². The topological polar surface area (TPSA) is 80.0 Å². The van der Waals surface area contributed by atoms with Gasteiger partial charge in [-0.2, -0.15) is 5.26 Å². The van der Waals surface area contributed by atoms with E-state index in [2.05, 4.69) is 4.98 Å². The first-order valence-corrected chi connectivity index (χ1v) is 9.00. The van der Waals surface area contributed by atoms with Crippen molar-refractivity contribution in [3.8, 4) is 6.07 Å². The highest BCUT2D eigenvalue weighted by atomic mass is 32.2. The number of aromatic nitrogens is 1. The number of ether oxygens (including phenoxy) is 1. The van der Waals surface area contributed by atoms with Gasteiger partial charge in [0.05, 0.1) is 6.07 Å². The van der Waals surface area contributed by atoms with Crippen molar-refractivity contribution in [1.29, 1.82) is 5.26 Å². The Hall–Kier alpha value is -2.17. The molecule has 0 spiro atoms. The molecule has 1 heterocycles. The highest BCUT2D eigenvalue weighted by Crippen LogP contribution is 2.24. The largest absolute Gasteiger partial charge is 0.457 e. The third kappa shape index (κ3) is 4.91. The Balaban J connectivity index is 1.88. The van der Waals surface area contributed by atoms with Crippen molar-refractivity contribution < 1.29 is 14.3 Å². The minimum absolute atomic E-state index is 0.421. The summed E-state index contributed by atoms with van der Waals surface area (Å²) in [4.78, 5) is 29.2. The average Bonchev–Trinajstić information content (AvgIpc) is 3.00. The number of Topliss-reactive ketones (excluding diaryl/α,β-unsaturated/α-hetero) is 1. The molecular formula is C17H16N2O3S2. The van der Waals surface area contributed by atoms with Gasteiger partial charge in [0.15, 0.2) is 18.3 Å². The van der Waals surface area contributed by atoms with Gasteiger partial charge in [-0.3, -0.25) is 9.59 Å². The van der Waals surface area contributed by atoms with Crippen LogP contribution < -0.4 is 0 Å². The molecule has 124 valence electrons. The Kier molecular flexibility index (Phi) is 6.53. The Morgan fingerprint density at radius 1 is 1.38 bits per heavy atom. The molecule has 1 aromatic carbocycles. The first-order chi connectivity index (χ1) is 11.5. The van der Waals surface area contributed by atoms with Gasteiger partial charge in [-0.25, -0.2) is 4.98 Å². The van der Waals surface area contributed by atoms with E-state index in [1.165, 1.54) is 23.1 Å². The number of carbonyl (C=O) groups is 2. The van der Waals surface area contributed by atoms with Crippen LogP contribution in [-0.4, -0.2) is 28.6 Å². The molecule has 2 atom stereocenters. The number of nitriles is 1. The maximum atomic E-state index is 12.1. The molecule has 0 N–H and O–H groups in total. The molecule has 5 nitrogen and oxygen atoms in total. The number of carbonyl (C=O) groups excluding carboxylic acids is 2. The van der Waals surface area contributed by atoms with Gasteiger partial charge in [-0.05, 0) is 26.0 Å². The second kappa shape index (κ2) is 8.62. The van der Waals surface area contributed by atoms with Gasteiger partial charge in [-0.15, -0.1) is 23.1 Å². The first-order valence-electron chi connectivity index (χ1n) is 7.24. The normalized spacial score (nSPS) is 12.9. The second-order valence-electron chi connectivity index (χ2n) is 5.04. The van der Waals surface area contributed by atoms with Crippen molar-refractivity contribution in [2.45, 2.75) is 29.9 Å². The first kappa shape index (κ1) is 18.2. The van der Waals surface area contributed by atoms with Crippen LogP contribution >= 0.6 is 23.1 Å². The zero-order valence-electron chi connectivity index (χ0n) is 13.3. The number of benzene rings is 1. The van der Waals surface area contributed by atoms with Crippen LogP contribution in [-0.2, 0) is 14.3 Å². The van der Waals surface area contributed by atoms with Gasteiger partial charge in [0.2, 0.25) is 0 Å². The van der Waals surface area contributed by atoms with Gasteiger partial charge in [0.25, 0.3) is 0 Å². The van der Waals surface area contributed by atoms with Crippen molar-refractivity contribution in [2.75, 3.05) is 6.61 Å². The van der Waals surface area contributed by atoms with Crippen LogP contribution in [0.2, 0.25) is 0 Å². The molecule has 2 aromatic rings. The quantitative estimate of drug-likeness (QED) is 0.556. The lowest BCUT2D eigenvalue weighted by molar-refractivity contribution is -0.147. The van der Waals surface area contributed by atoms with Crippen LogP contribution in [0, 0.1) is 18.3 Å². The fourth-order valence-electron chi connectivity index (χ4n) is 1.86. The summed E-state index contributed by atoms with van der Waals surface area (Å²) >= 11 is 2.61. The standard InChI is InChI=1S/C17H16N2O3S2/c1-11-10-23-16(19-11)14(8-18)15(20)9-22-17(21)12(2)24-13-6-4-3-5-7-13/h3-7,10,12,14H,9H2,1-2H3/t12-,14-/m1/s1. The molecule has 0 unspecified atom stereocenters. The molecule has 0 saturated heterocycles. The Morgan fingerprint density at radius 2 is 2.08 bits per heavy atom. The third-order valence-corrected chi connectivity index (χ3v) is 5.20. The molecule has 0 saturated carbocycles. The van der Waals surface area contributed by atoms with Crippen molar-refractivity contribution in [1.82, 2.24) is 4.98 Å². The molecule has 2 rings (SSSR count). The lowest BCUT2D eigenvalue weighted by Gasteiger charge is -2.11. The predicted octanol–water partition coefficient (Wildman–Crippen LogP) is 3.35. The van der Waals surface area contributed by atoms with E-state index in [9.17, 15) is 14.9 Å². The number of ketones is 1. The minimum atomic E-state index is -0.992. The minimum Gasteiger partial charge on any atom is -0.457 e. The summed E-state index contributed by atoms with van der Waals surface area (Å²) in [5.41, 5.74) is 0.757. The van der Waals surface area contributed by atoms with Gasteiger partial charge < -0.3 is 4.74 Å². The average molecular weight is 360 g/mol. The summed E-state index contributed by atoms with van der Waals surface area (Å²) in [6.07, 6.45) is 0. The molecule has 0 aliphatic rings. The van der Waals surface area contributed by atoms with E-state index in [0.29, 0.717) is 5.01 Å². The number of hydrogen-bond donors (Lipinski definition) is 0. The van der Waals surface area contributed by atoms with Crippen LogP contribution in [0.1, 0.15) is 23.5 Å². The summed E-state index contributed by atoms with van der Waals surface area (Å²) in [5, 5.41) is 10.9. The smallest absolute Gasteiger partial charge is 0.319 e. The molecule has 0 radical (unpaired) electrons. The molecule has 0 aliphatic heterocycles. The second-order valence-corrected chi connectivity index (χ2v) is 7.34. The Labute approximate surface area is 148 Å². The van der Waals surface area contributed by atoms with Gasteiger partial charge in [0, 0.05) is 16.0 Å². The number of esters is 1. The summed E-state index contributed by atoms with van der Waals surface area (Å²) in [6, 6.07) is 11.4. The molecule has 0 bridgehead atoms. The highest BCUT2D eigenvalue weighted by molar-refractivity contribution is 8.00. The summed E-state index contributed by atoms with van der Waals surface area (Å²) in [7, 11) is 0. The zero-order valence-corrected chi connectivity index (χ0v) is 14.9. The van der Waals surface area contributed by atoms with Crippen molar-refractivity contribution in [2.24, 2.45) is 0 Å². The van der Waals surface area contributed by atoms with Crippen LogP contribution in [0.25, 0.3) is 0 Å². The van der Waals surface area contributed by atoms with E-state index in [1.807, 2.05) is 36.4 Å². The lowest BCUT2D eigenvalue weighted by atomic mass is 10.1. The van der Waals surface area contributed by atoms with Crippen molar-refractivity contribution >= 4 is 34.9 Å². The van der Waals surface area contributed by atoms with E-state index in [1.54, 1.807) is 19.2 Å². The lowest BCUT2D eigenvalue weighted by Crippen LogP contribution is -2.24. The highest BCUT2D eigenvalue weighted by Gasteiger charge is 2.25. The maximum Gasteiger partial charge on any atom is 0.319 e. The molecule has 24 heavy (non-hydrogen) atoms. The summed E-state index contributed by atoms with van der Waals surface area (Å²) in [5.74, 6) is -1.94. The SMILES string of the molecule is Cc1csc([C@H](C#N)C(=O)COC(=O)[C@@H](C)Sc2ccccc2)n1. The fraction of sp³-hybridized carbons (Fsp3) is 0.294. The number of hydrogen-bond acceptors (Lipinski definition) is 7. The van der Waals surface area contributed by atoms with Gasteiger partial charge in [0.1, 0.15) is 10.3 Å². The number of thioether (sulfide) groups is 1. The van der Waals surface area contributed by atoms with E-state index in [0.717, 1.165) is 10.6 Å². The Morgan fingerprint density at radius 3 is 2.67 bits per heavy atom. The number of aryl methyl sites for hydroxylation is 1. The van der Waals surface area contributed by atoms with Crippen LogP contribution in [0.15, 0.2) is 40.6 Å². The van der Waals surface area contributed by atoms with Gasteiger partial charge >= 0.3 is 5.97 Å². The number of nitrogens with zero attached hydrogens (tertiary/aromatic N) is 2. The summed E-state index contributed by atoms with van der Waals surface area (Å²) < 4.78 is 5.07. The zero-order chi connectivity index (χ0) is 17.5. The summed E-state index contributed by atoms with van der Waals surface area (Å²) in [6.45, 7) is 3.09. The predicted molar refractivity (Wildman–Crippen MR) is 92.9 cm³/mol. The number of rotatable bonds is 7. The molecule has 7 heteroatoms. The van der Waals surface area contributed by atoms with Crippen LogP contribution in [0.4, 0.5) is 0 Å². The fourth-order valence-corrected chi connectivity index (χ4v) is 3.61. The molecular weight excluding hydrogens is 344 g/mol. The monoisotopic (exact) mass is 360 g/mol. The van der Waals surface area contributed by atoms with Gasteiger partial charge in [-0.1, -0.05) is 18.2 Å². The van der Waals surface area contributed by atoms with E-state index in [4.69, 9.17) is 4.74 Å². The van der Waals surface area contributed by atoms with Crippen molar-refractivity contribution in [3.63, 3.8) is 0 Å². The Bertz CT molecular complexity index is 753.